The molecule has 34 heavy (non-hydrogen) atoms. The van der Waals surface area contributed by atoms with E-state index in [1.165, 1.54) is 23.8 Å². The van der Waals surface area contributed by atoms with E-state index in [9.17, 15) is 9.18 Å². The lowest BCUT2D eigenvalue weighted by Crippen LogP contribution is -2.39. The van der Waals surface area contributed by atoms with Gasteiger partial charge in [-0.3, -0.25) is 4.90 Å². The Kier molecular flexibility index (Phi) is 6.20. The number of benzene rings is 1. The molecule has 2 aromatic heterocycles. The van der Waals surface area contributed by atoms with Crippen LogP contribution in [0.3, 0.4) is 0 Å². The second kappa shape index (κ2) is 9.43. The predicted octanol–water partition coefficient (Wildman–Crippen LogP) is 5.42. The smallest absolute Gasteiger partial charge is 0.328 e. The summed E-state index contributed by atoms with van der Waals surface area (Å²) in [6.45, 7) is 1.85. The van der Waals surface area contributed by atoms with Crippen LogP contribution in [0.25, 0.3) is 27.7 Å². The number of pyridine rings is 1. The first kappa shape index (κ1) is 22.3. The summed E-state index contributed by atoms with van der Waals surface area (Å²) in [5.74, 6) is -0.524. The summed E-state index contributed by atoms with van der Waals surface area (Å²) in [5, 5.41) is 9.91. The van der Waals surface area contributed by atoms with Gasteiger partial charge in [-0.1, -0.05) is 11.6 Å². The van der Waals surface area contributed by atoms with E-state index in [4.69, 9.17) is 9.84 Å². The van der Waals surface area contributed by atoms with Crippen LogP contribution in [-0.4, -0.2) is 52.2 Å². The lowest BCUT2D eigenvalue weighted by atomic mass is 9.88. The molecule has 0 spiro atoms. The average Bonchev–Trinajstić information content (AvgIpc) is 3.29. The molecule has 0 amide bonds. The van der Waals surface area contributed by atoms with Crippen LogP contribution >= 0.6 is 0 Å². The van der Waals surface area contributed by atoms with Crippen LogP contribution in [0, 0.1) is 5.82 Å². The van der Waals surface area contributed by atoms with Gasteiger partial charge in [0.05, 0.1) is 7.11 Å². The van der Waals surface area contributed by atoms with Crippen LogP contribution in [0.5, 0.6) is 5.75 Å². The molecule has 6 nitrogen and oxygen atoms in total. The molecule has 2 aliphatic rings. The first-order chi connectivity index (χ1) is 16.5. The van der Waals surface area contributed by atoms with Gasteiger partial charge in [-0.2, -0.15) is 0 Å². The van der Waals surface area contributed by atoms with Crippen molar-refractivity contribution in [3.05, 3.63) is 65.8 Å². The van der Waals surface area contributed by atoms with Gasteiger partial charge in [0.15, 0.2) is 0 Å². The van der Waals surface area contributed by atoms with E-state index in [-0.39, 0.29) is 5.82 Å². The van der Waals surface area contributed by atoms with Gasteiger partial charge in [-0.05, 0) is 73.6 Å². The summed E-state index contributed by atoms with van der Waals surface area (Å²) < 4.78 is 19.5. The molecule has 1 saturated carbocycles. The van der Waals surface area contributed by atoms with E-state index in [1.807, 2.05) is 6.07 Å². The summed E-state index contributed by atoms with van der Waals surface area (Å²) in [5.41, 5.74) is 5.71. The van der Waals surface area contributed by atoms with Gasteiger partial charge in [0.1, 0.15) is 17.2 Å². The van der Waals surface area contributed by atoms with Gasteiger partial charge < -0.3 is 14.8 Å². The van der Waals surface area contributed by atoms with E-state index in [1.54, 1.807) is 19.4 Å². The molecule has 7 heteroatoms. The van der Waals surface area contributed by atoms with Crippen LogP contribution in [0.15, 0.2) is 54.3 Å². The zero-order valence-corrected chi connectivity index (χ0v) is 19.2. The quantitative estimate of drug-likeness (QED) is 0.496. The van der Waals surface area contributed by atoms with Gasteiger partial charge in [0, 0.05) is 48.0 Å². The van der Waals surface area contributed by atoms with Gasteiger partial charge in [0.25, 0.3) is 0 Å². The van der Waals surface area contributed by atoms with E-state index in [2.05, 4.69) is 27.0 Å². The molecule has 0 bridgehead atoms. The fraction of sp³-hybridized carbons (Fsp3) is 0.333. The number of carbonyl (C=O) groups is 1. The highest BCUT2D eigenvalue weighted by molar-refractivity contribution is 5.96. The van der Waals surface area contributed by atoms with Crippen LogP contribution < -0.4 is 4.74 Å². The van der Waals surface area contributed by atoms with E-state index in [0.29, 0.717) is 17.4 Å². The number of hydrogen-bond donors (Lipinski definition) is 2. The fourth-order valence-corrected chi connectivity index (χ4v) is 5.24. The maximum absolute atomic E-state index is 14.0. The molecule has 1 fully saturated rings. The number of carboxylic acids is 1. The second-order valence-corrected chi connectivity index (χ2v) is 8.99. The largest absolute Gasteiger partial charge is 0.496 e. The van der Waals surface area contributed by atoms with Crippen molar-refractivity contribution in [1.82, 2.24) is 14.9 Å². The lowest BCUT2D eigenvalue weighted by molar-refractivity contribution is -0.131. The highest BCUT2D eigenvalue weighted by atomic mass is 19.1. The number of H-pyrrole nitrogens is 1. The molecule has 0 radical (unpaired) electrons. The number of rotatable bonds is 5. The van der Waals surface area contributed by atoms with E-state index < -0.39 is 5.97 Å². The number of hydrogen-bond acceptors (Lipinski definition) is 4. The zero-order valence-electron chi connectivity index (χ0n) is 19.2. The number of nitrogens with zero attached hydrogens (tertiary/aromatic N) is 2. The molecule has 176 valence electrons. The average molecular weight is 462 g/mol. The first-order valence-electron chi connectivity index (χ1n) is 11.7. The van der Waals surface area contributed by atoms with Crippen molar-refractivity contribution in [3.63, 3.8) is 0 Å². The molecule has 1 aliphatic carbocycles. The standard InChI is InChI=1S/C27H28FN3O3/c1-34-25-7-4-19(28)15-22(25)21-8-11-29-27-23(21)16-24(30-27)18-9-12-31(13-10-18)20-5-2-17(3-6-20)14-26(32)33/h4,7-9,11,14-16,20H,2-3,5-6,10,12-13H2,1H3,(H,29,30)(H,32,33). The molecule has 3 heterocycles. The third-order valence-corrected chi connectivity index (χ3v) is 7.01. The van der Waals surface area contributed by atoms with Gasteiger partial charge in [-0.15, -0.1) is 0 Å². The van der Waals surface area contributed by atoms with Gasteiger partial charge >= 0.3 is 5.97 Å². The van der Waals surface area contributed by atoms with Crippen molar-refractivity contribution >= 4 is 22.6 Å². The third kappa shape index (κ3) is 4.48. The molecule has 1 aromatic carbocycles. The number of halogens is 1. The van der Waals surface area contributed by atoms with E-state index >= 15 is 0 Å². The summed E-state index contributed by atoms with van der Waals surface area (Å²) in [6, 6.07) is 9.04. The maximum Gasteiger partial charge on any atom is 0.328 e. The maximum atomic E-state index is 14.0. The number of aromatic nitrogens is 2. The Morgan fingerprint density at radius 3 is 2.74 bits per heavy atom. The molecule has 0 atom stereocenters. The highest BCUT2D eigenvalue weighted by Gasteiger charge is 2.25. The van der Waals surface area contributed by atoms with Gasteiger partial charge in [-0.25, -0.2) is 14.2 Å². The Balaban J connectivity index is 1.35. The van der Waals surface area contributed by atoms with Crippen molar-refractivity contribution in [2.45, 2.75) is 38.1 Å². The minimum absolute atomic E-state index is 0.306. The number of carboxylic acid groups (broad SMARTS) is 1. The molecular formula is C27H28FN3O3. The number of methoxy groups -OCH3 is 1. The van der Waals surface area contributed by atoms with Crippen LogP contribution in [-0.2, 0) is 4.79 Å². The number of allylic oxidation sites excluding steroid dienone is 1. The van der Waals surface area contributed by atoms with Crippen molar-refractivity contribution < 1.29 is 19.0 Å². The Morgan fingerprint density at radius 2 is 2.03 bits per heavy atom. The van der Waals surface area contributed by atoms with Gasteiger partial charge in [0.2, 0.25) is 0 Å². The highest BCUT2D eigenvalue weighted by Crippen LogP contribution is 2.37. The fourth-order valence-electron chi connectivity index (χ4n) is 5.24. The summed E-state index contributed by atoms with van der Waals surface area (Å²) in [4.78, 5) is 21.4. The Labute approximate surface area is 197 Å². The monoisotopic (exact) mass is 461 g/mol. The normalized spacial score (nSPS) is 19.2. The summed E-state index contributed by atoms with van der Waals surface area (Å²) >= 11 is 0. The number of aromatic amines is 1. The van der Waals surface area contributed by atoms with E-state index in [0.717, 1.165) is 73.1 Å². The topological polar surface area (TPSA) is 78.5 Å². The SMILES string of the molecule is COc1ccc(F)cc1-c1ccnc2[nH]c(C3=CCN(C4CCC(=CC(=O)O)CC4)CC3)cc12. The molecule has 2 N–H and O–H groups in total. The predicted molar refractivity (Wildman–Crippen MR) is 130 cm³/mol. The van der Waals surface area contributed by atoms with Crippen LogP contribution in [0.1, 0.15) is 37.8 Å². The number of fused-ring (bicyclic) bond motifs is 1. The van der Waals surface area contributed by atoms with Crippen molar-refractivity contribution in [3.8, 4) is 16.9 Å². The summed E-state index contributed by atoms with van der Waals surface area (Å²) in [7, 11) is 1.59. The lowest BCUT2D eigenvalue weighted by Gasteiger charge is -2.36. The molecule has 0 unspecified atom stereocenters. The molecule has 1 aliphatic heterocycles. The molecule has 3 aromatic rings. The van der Waals surface area contributed by atoms with Crippen molar-refractivity contribution in [1.29, 1.82) is 0 Å². The Hall–Kier alpha value is -3.45. The minimum atomic E-state index is -0.842. The number of ether oxygens (including phenoxy) is 1. The minimum Gasteiger partial charge on any atom is -0.496 e. The Morgan fingerprint density at radius 1 is 1.21 bits per heavy atom. The van der Waals surface area contributed by atoms with Crippen LogP contribution in [0.2, 0.25) is 0 Å². The molecule has 5 rings (SSSR count). The number of aliphatic carboxylic acids is 1. The number of nitrogens with one attached hydrogen (secondary N) is 1. The summed E-state index contributed by atoms with van der Waals surface area (Å²) in [6.07, 6.45) is 10.1. The first-order valence-corrected chi connectivity index (χ1v) is 11.7. The van der Waals surface area contributed by atoms with Crippen molar-refractivity contribution in [2.75, 3.05) is 20.2 Å². The zero-order chi connectivity index (χ0) is 23.7. The molecule has 0 saturated heterocycles. The van der Waals surface area contributed by atoms with Crippen LogP contribution in [0.4, 0.5) is 4.39 Å². The third-order valence-electron chi connectivity index (χ3n) is 7.01. The van der Waals surface area contributed by atoms with Crippen molar-refractivity contribution in [2.24, 2.45) is 0 Å². The molecular weight excluding hydrogens is 433 g/mol. The Bertz CT molecular complexity index is 1280. The second-order valence-electron chi connectivity index (χ2n) is 8.99.